The smallest absolute Gasteiger partial charge is 0.243 e. The summed E-state index contributed by atoms with van der Waals surface area (Å²) in [5.41, 5.74) is 1.46. The minimum Gasteiger partial charge on any atom is -0.376 e. The Kier molecular flexibility index (Phi) is 4.56. The average Bonchev–Trinajstić information content (AvgIpc) is 3.25. The zero-order valence-corrected chi connectivity index (χ0v) is 12.7. The largest absolute Gasteiger partial charge is 0.376 e. The van der Waals surface area contributed by atoms with E-state index >= 15 is 0 Å². The van der Waals surface area contributed by atoms with Crippen LogP contribution in [0.15, 0.2) is 42.7 Å². The first-order valence-corrected chi connectivity index (χ1v) is 7.59. The van der Waals surface area contributed by atoms with Gasteiger partial charge in [-0.05, 0) is 25.0 Å². The minimum absolute atomic E-state index is 0.0563. The predicted molar refractivity (Wildman–Crippen MR) is 87.0 cm³/mol. The van der Waals surface area contributed by atoms with Crippen molar-refractivity contribution in [1.82, 2.24) is 15.1 Å². The fourth-order valence-electron chi connectivity index (χ4n) is 2.11. The highest BCUT2D eigenvalue weighted by Crippen LogP contribution is 2.18. The van der Waals surface area contributed by atoms with Crippen molar-refractivity contribution in [1.29, 1.82) is 0 Å². The number of aromatic nitrogens is 2. The number of hydrogen-bond acceptors (Lipinski definition) is 4. The van der Waals surface area contributed by atoms with Crippen molar-refractivity contribution >= 4 is 23.2 Å². The average molecular weight is 313 g/mol. The highest BCUT2D eigenvalue weighted by atomic mass is 16.2. The predicted octanol–water partition coefficient (Wildman–Crippen LogP) is 1.21. The summed E-state index contributed by atoms with van der Waals surface area (Å²) in [6.07, 6.45) is 5.29. The molecule has 0 unspecified atom stereocenters. The van der Waals surface area contributed by atoms with E-state index in [1.54, 1.807) is 6.20 Å². The molecule has 3 N–H and O–H groups in total. The summed E-state index contributed by atoms with van der Waals surface area (Å²) in [6.45, 7) is 0.325. The first-order valence-electron chi connectivity index (χ1n) is 7.59. The first kappa shape index (κ1) is 15.1. The van der Waals surface area contributed by atoms with E-state index in [2.05, 4.69) is 21.0 Å². The molecular weight excluding hydrogens is 294 g/mol. The van der Waals surface area contributed by atoms with Crippen molar-refractivity contribution in [3.05, 3.63) is 42.7 Å². The molecule has 0 saturated heterocycles. The molecule has 1 aliphatic carbocycles. The number of carbonyl (C=O) groups is 2. The summed E-state index contributed by atoms with van der Waals surface area (Å²) in [5, 5.41) is 12.7. The Morgan fingerprint density at radius 2 is 1.91 bits per heavy atom. The molecule has 120 valence electrons. The lowest BCUT2D eigenvalue weighted by molar-refractivity contribution is -0.122. The van der Waals surface area contributed by atoms with Gasteiger partial charge in [-0.2, -0.15) is 5.10 Å². The number of rotatable bonds is 7. The van der Waals surface area contributed by atoms with Gasteiger partial charge in [-0.1, -0.05) is 18.2 Å². The normalized spacial score (nSPS) is 13.4. The van der Waals surface area contributed by atoms with Crippen LogP contribution < -0.4 is 16.0 Å². The Morgan fingerprint density at radius 1 is 1.13 bits per heavy atom. The molecule has 2 aromatic rings. The number of benzene rings is 1. The summed E-state index contributed by atoms with van der Waals surface area (Å²) >= 11 is 0. The second-order valence-corrected chi connectivity index (χ2v) is 5.54. The maximum Gasteiger partial charge on any atom is 0.243 e. The van der Waals surface area contributed by atoms with Crippen LogP contribution in [0, 0.1) is 0 Å². The van der Waals surface area contributed by atoms with Gasteiger partial charge in [0.2, 0.25) is 11.8 Å². The second kappa shape index (κ2) is 6.95. The van der Waals surface area contributed by atoms with Crippen LogP contribution in [0.4, 0.5) is 11.4 Å². The zero-order chi connectivity index (χ0) is 16.1. The lowest BCUT2D eigenvalue weighted by atomic mass is 10.3. The third kappa shape index (κ3) is 4.84. The quantitative estimate of drug-likeness (QED) is 0.717. The molecule has 0 aliphatic heterocycles. The molecule has 3 rings (SSSR count). The molecule has 7 heteroatoms. The summed E-state index contributed by atoms with van der Waals surface area (Å²) in [4.78, 5) is 23.6. The Bertz CT molecular complexity index is 679. The maximum absolute atomic E-state index is 11.9. The third-order valence-corrected chi connectivity index (χ3v) is 3.39. The van der Waals surface area contributed by atoms with Crippen LogP contribution >= 0.6 is 0 Å². The van der Waals surface area contributed by atoms with Gasteiger partial charge in [-0.15, -0.1) is 0 Å². The minimum atomic E-state index is -0.171. The summed E-state index contributed by atoms with van der Waals surface area (Å²) in [5.74, 6) is -0.227. The molecule has 0 atom stereocenters. The fraction of sp³-hybridized carbons (Fsp3) is 0.312. The van der Waals surface area contributed by atoms with Gasteiger partial charge in [0.05, 0.1) is 18.4 Å². The van der Waals surface area contributed by atoms with Crippen molar-refractivity contribution in [2.24, 2.45) is 0 Å². The van der Waals surface area contributed by atoms with Gasteiger partial charge >= 0.3 is 0 Å². The lowest BCUT2D eigenvalue weighted by Crippen LogP contribution is -2.29. The van der Waals surface area contributed by atoms with E-state index in [0.717, 1.165) is 18.5 Å². The van der Waals surface area contributed by atoms with E-state index in [1.807, 2.05) is 30.3 Å². The van der Waals surface area contributed by atoms with Crippen molar-refractivity contribution in [3.8, 4) is 0 Å². The number of nitrogens with one attached hydrogen (secondary N) is 3. The van der Waals surface area contributed by atoms with Crippen LogP contribution in [0.3, 0.4) is 0 Å². The van der Waals surface area contributed by atoms with Crippen molar-refractivity contribution in [2.75, 3.05) is 17.2 Å². The highest BCUT2D eigenvalue weighted by molar-refractivity contribution is 5.93. The van der Waals surface area contributed by atoms with Crippen molar-refractivity contribution in [2.45, 2.75) is 25.4 Å². The SMILES string of the molecule is O=C(CNc1ccccc1)Nc1cnn(CC(=O)NC2CC2)c1. The van der Waals surface area contributed by atoms with Crippen LogP contribution in [-0.2, 0) is 16.1 Å². The van der Waals surface area contributed by atoms with Crippen molar-refractivity contribution < 1.29 is 9.59 Å². The first-order chi connectivity index (χ1) is 11.2. The number of para-hydroxylation sites is 1. The van der Waals surface area contributed by atoms with Gasteiger partial charge in [-0.25, -0.2) is 0 Å². The molecule has 0 bridgehead atoms. The molecule has 1 aliphatic rings. The van der Waals surface area contributed by atoms with Gasteiger partial charge in [-0.3, -0.25) is 14.3 Å². The van der Waals surface area contributed by atoms with E-state index < -0.39 is 0 Å². The molecule has 1 saturated carbocycles. The van der Waals surface area contributed by atoms with E-state index in [-0.39, 0.29) is 24.9 Å². The fourth-order valence-corrected chi connectivity index (χ4v) is 2.11. The van der Waals surface area contributed by atoms with Gasteiger partial charge < -0.3 is 16.0 Å². The van der Waals surface area contributed by atoms with Crippen LogP contribution in [0.25, 0.3) is 0 Å². The van der Waals surface area contributed by atoms with Crippen LogP contribution in [-0.4, -0.2) is 34.2 Å². The van der Waals surface area contributed by atoms with Gasteiger partial charge in [0, 0.05) is 17.9 Å². The number of nitrogens with zero attached hydrogens (tertiary/aromatic N) is 2. The van der Waals surface area contributed by atoms with E-state index in [0.29, 0.717) is 11.7 Å². The van der Waals surface area contributed by atoms with E-state index in [4.69, 9.17) is 0 Å². The molecule has 7 nitrogen and oxygen atoms in total. The zero-order valence-electron chi connectivity index (χ0n) is 12.7. The summed E-state index contributed by atoms with van der Waals surface area (Å²) < 4.78 is 1.51. The maximum atomic E-state index is 11.9. The van der Waals surface area contributed by atoms with Gasteiger partial charge in [0.25, 0.3) is 0 Å². The monoisotopic (exact) mass is 313 g/mol. The van der Waals surface area contributed by atoms with Crippen LogP contribution in [0.1, 0.15) is 12.8 Å². The molecule has 23 heavy (non-hydrogen) atoms. The Morgan fingerprint density at radius 3 is 2.65 bits per heavy atom. The number of carbonyl (C=O) groups excluding carboxylic acids is 2. The molecule has 0 radical (unpaired) electrons. The summed E-state index contributed by atoms with van der Waals surface area (Å²) in [7, 11) is 0. The Hall–Kier alpha value is -2.83. The number of anilines is 2. The van der Waals surface area contributed by atoms with Crippen LogP contribution in [0.5, 0.6) is 0 Å². The Balaban J connectivity index is 1.44. The van der Waals surface area contributed by atoms with Gasteiger partial charge in [0.15, 0.2) is 0 Å². The van der Waals surface area contributed by atoms with Crippen LogP contribution in [0.2, 0.25) is 0 Å². The molecular formula is C16H19N5O2. The molecule has 0 spiro atoms. The van der Waals surface area contributed by atoms with E-state index in [1.165, 1.54) is 10.9 Å². The molecule has 1 heterocycles. The molecule has 2 amide bonds. The van der Waals surface area contributed by atoms with E-state index in [9.17, 15) is 9.59 Å². The standard InChI is InChI=1S/C16H19N5O2/c22-15(9-17-12-4-2-1-3-5-12)20-14-8-18-21(10-14)11-16(23)19-13-6-7-13/h1-5,8,10,13,17H,6-7,9,11H2,(H,19,23)(H,20,22). The second-order valence-electron chi connectivity index (χ2n) is 5.54. The molecule has 1 aromatic heterocycles. The number of hydrogen-bond donors (Lipinski definition) is 3. The third-order valence-electron chi connectivity index (χ3n) is 3.39. The number of amides is 2. The highest BCUT2D eigenvalue weighted by Gasteiger charge is 2.23. The lowest BCUT2D eigenvalue weighted by Gasteiger charge is -2.06. The Labute approximate surface area is 134 Å². The van der Waals surface area contributed by atoms with Gasteiger partial charge in [0.1, 0.15) is 6.54 Å². The van der Waals surface area contributed by atoms with Crippen molar-refractivity contribution in [3.63, 3.8) is 0 Å². The molecule has 1 fully saturated rings. The molecule has 1 aromatic carbocycles. The summed E-state index contributed by atoms with van der Waals surface area (Å²) in [6, 6.07) is 9.84. The topological polar surface area (TPSA) is 88.1 Å².